The van der Waals surface area contributed by atoms with E-state index in [0.29, 0.717) is 0 Å². The predicted molar refractivity (Wildman–Crippen MR) is 177 cm³/mol. The number of rotatable bonds is 3. The third kappa shape index (κ3) is 6.13. The number of furan rings is 2. The van der Waals surface area contributed by atoms with Gasteiger partial charge in [0, 0.05) is 35.8 Å². The van der Waals surface area contributed by atoms with Crippen molar-refractivity contribution in [2.75, 3.05) is 33.3 Å². The number of ether oxygens (including phenoxy) is 2. The molecule has 0 bridgehead atoms. The minimum Gasteiger partial charge on any atom is -0.501 e. The minimum absolute atomic E-state index is 0.829. The largest absolute Gasteiger partial charge is 0.501 e. The van der Waals surface area contributed by atoms with Crippen LogP contribution < -0.4 is 5.73 Å². The van der Waals surface area contributed by atoms with Crippen LogP contribution in [0.5, 0.6) is 0 Å². The molecule has 0 atom stereocenters. The van der Waals surface area contributed by atoms with Crippen molar-refractivity contribution in [2.45, 2.75) is 13.8 Å². The van der Waals surface area contributed by atoms with Crippen LogP contribution in [0.4, 0.5) is 0 Å². The van der Waals surface area contributed by atoms with Crippen LogP contribution in [0, 0.1) is 6.92 Å². The van der Waals surface area contributed by atoms with E-state index in [1.54, 1.807) is 21.3 Å². The van der Waals surface area contributed by atoms with E-state index < -0.39 is 0 Å². The Morgan fingerprint density at radius 1 is 0.744 bits per heavy atom. The maximum Gasteiger partial charge on any atom is 0.136 e. The highest BCUT2D eigenvalue weighted by Crippen LogP contribution is 2.39. The van der Waals surface area contributed by atoms with Crippen molar-refractivity contribution >= 4 is 89.4 Å². The summed E-state index contributed by atoms with van der Waals surface area (Å²) in [5.41, 5.74) is 11.2. The van der Waals surface area contributed by atoms with Gasteiger partial charge in [-0.05, 0) is 90.2 Å². The van der Waals surface area contributed by atoms with Crippen LogP contribution in [0.2, 0.25) is 0 Å². The smallest absolute Gasteiger partial charge is 0.136 e. The van der Waals surface area contributed by atoms with Gasteiger partial charge in [-0.2, -0.15) is 0 Å². The van der Waals surface area contributed by atoms with Gasteiger partial charge in [0.2, 0.25) is 0 Å². The molecule has 0 fully saturated rings. The average Bonchev–Trinajstić information content (AvgIpc) is 3.48. The molecule has 0 saturated carbocycles. The zero-order valence-corrected chi connectivity index (χ0v) is 25.8. The summed E-state index contributed by atoms with van der Waals surface area (Å²) in [6.07, 6.45) is 3.86. The Kier molecular flexibility index (Phi) is 10.6. The van der Waals surface area contributed by atoms with E-state index in [-0.39, 0.29) is 0 Å². The first-order valence-corrected chi connectivity index (χ1v) is 14.6. The Hall–Kier alpha value is -3.33. The fourth-order valence-electron chi connectivity index (χ4n) is 4.56. The zero-order chi connectivity index (χ0) is 28.7. The second-order valence-electron chi connectivity index (χ2n) is 8.80. The van der Waals surface area contributed by atoms with Gasteiger partial charge in [-0.25, -0.2) is 0 Å². The number of aryl methyl sites for hydroxylation is 1. The Bertz CT molecular complexity index is 1780. The summed E-state index contributed by atoms with van der Waals surface area (Å²) >= 11 is 2.15. The van der Waals surface area contributed by atoms with Crippen molar-refractivity contribution < 1.29 is 18.3 Å². The van der Waals surface area contributed by atoms with Crippen molar-refractivity contribution in [1.29, 1.82) is 0 Å². The molecular weight excluding hydrogens is 601 g/mol. The molecule has 0 aliphatic rings. The van der Waals surface area contributed by atoms with Gasteiger partial charge in [0.25, 0.3) is 0 Å². The molecule has 2 N–H and O–H groups in total. The highest BCUT2D eigenvalue weighted by Gasteiger charge is 2.15. The fourth-order valence-corrected chi connectivity index (χ4v) is 4.56. The summed E-state index contributed by atoms with van der Waals surface area (Å²) < 4.78 is 22.2. The Morgan fingerprint density at radius 3 is 1.82 bits per heavy atom. The van der Waals surface area contributed by atoms with Crippen molar-refractivity contribution in [3.8, 4) is 0 Å². The first kappa shape index (κ1) is 30.2. The lowest BCUT2D eigenvalue weighted by atomic mass is 10.0. The molecule has 6 aromatic rings. The first-order valence-electron chi connectivity index (χ1n) is 12.4. The molecule has 2 heterocycles. The van der Waals surface area contributed by atoms with Crippen molar-refractivity contribution in [1.82, 2.24) is 0 Å². The number of hydrogen-bond acceptors (Lipinski definition) is 5. The number of fused-ring (bicyclic) bond motifs is 7. The molecule has 2 aromatic heterocycles. The Balaban J connectivity index is 0.000000553. The maximum absolute atomic E-state index is 6.29. The van der Waals surface area contributed by atoms with E-state index in [4.69, 9.17) is 13.6 Å². The van der Waals surface area contributed by atoms with Crippen LogP contribution in [0.15, 0.2) is 75.8 Å². The van der Waals surface area contributed by atoms with E-state index in [1.165, 1.54) is 23.4 Å². The molecule has 6 rings (SSSR count). The minimum atomic E-state index is 0.829. The van der Waals surface area contributed by atoms with E-state index in [0.717, 1.165) is 60.8 Å². The van der Waals surface area contributed by atoms with E-state index in [9.17, 15) is 0 Å². The van der Waals surface area contributed by atoms with Crippen molar-refractivity contribution in [3.63, 3.8) is 0 Å². The molecule has 0 aliphatic carbocycles. The molecule has 39 heavy (non-hydrogen) atoms. The fraction of sp³-hybridized carbons (Fsp3) is 0.212. The van der Waals surface area contributed by atoms with Gasteiger partial charge in [-0.3, -0.25) is 0 Å². The number of benzene rings is 4. The topological polar surface area (TPSA) is 70.8 Å². The number of alkyl halides is 1. The number of halogens is 1. The Labute approximate surface area is 243 Å². The summed E-state index contributed by atoms with van der Waals surface area (Å²) in [5.74, 6) is 0.829. The molecule has 0 amide bonds. The monoisotopic (exact) mass is 637 g/mol. The van der Waals surface area contributed by atoms with Gasteiger partial charge in [0.1, 0.15) is 22.3 Å². The molecule has 0 aliphatic heterocycles. The van der Waals surface area contributed by atoms with Gasteiger partial charge in [0.15, 0.2) is 0 Å². The average molecular weight is 638 g/mol. The summed E-state index contributed by atoms with van der Waals surface area (Å²) in [5, 5.41) is 6.64. The quantitative estimate of drug-likeness (QED) is 0.119. The third-order valence-electron chi connectivity index (χ3n) is 6.28. The van der Waals surface area contributed by atoms with Crippen LogP contribution in [-0.4, -0.2) is 33.3 Å². The molecule has 6 heteroatoms. The van der Waals surface area contributed by atoms with Gasteiger partial charge in [-0.1, -0.05) is 59.0 Å². The lowest BCUT2D eigenvalue weighted by molar-refractivity contribution is 0.277. The lowest BCUT2D eigenvalue weighted by Crippen LogP contribution is -1.84. The number of allylic oxidation sites excluding steroid dienone is 1. The summed E-state index contributed by atoms with van der Waals surface area (Å²) in [6, 6.07) is 19.2. The SMILES string of the molecule is C=Cc1cc2c(cc1/C=C(\C)OC)oc1cc3c(cc12)oc1cc2cc(C)ccc2cc13.CI.CN.COC. The second-order valence-corrected chi connectivity index (χ2v) is 8.80. The van der Waals surface area contributed by atoms with E-state index in [1.807, 2.05) is 30.1 Å². The van der Waals surface area contributed by atoms with E-state index in [2.05, 4.69) is 95.1 Å². The van der Waals surface area contributed by atoms with Crippen LogP contribution >= 0.6 is 22.6 Å². The first-order chi connectivity index (χ1) is 18.9. The normalized spacial score (nSPS) is 11.1. The highest BCUT2D eigenvalue weighted by molar-refractivity contribution is 14.1. The number of methoxy groups -OCH3 is 2. The number of nitrogens with two attached hydrogens (primary N) is 1. The van der Waals surface area contributed by atoms with Gasteiger partial charge < -0.3 is 24.0 Å². The summed E-state index contributed by atoms with van der Waals surface area (Å²) in [7, 11) is 6.42. The predicted octanol–water partition coefficient (Wildman–Crippen LogP) is 9.49. The molecule has 0 spiro atoms. The Morgan fingerprint density at radius 2 is 1.26 bits per heavy atom. The maximum atomic E-state index is 6.29. The molecule has 204 valence electrons. The van der Waals surface area contributed by atoms with Gasteiger partial charge in [0.05, 0.1) is 12.9 Å². The van der Waals surface area contributed by atoms with Crippen molar-refractivity contribution in [2.24, 2.45) is 5.73 Å². The second kappa shape index (κ2) is 13.6. The van der Waals surface area contributed by atoms with E-state index >= 15 is 0 Å². The molecule has 5 nitrogen and oxygen atoms in total. The van der Waals surface area contributed by atoms with Crippen LogP contribution in [-0.2, 0) is 9.47 Å². The third-order valence-corrected chi connectivity index (χ3v) is 6.28. The van der Waals surface area contributed by atoms with Crippen LogP contribution in [0.1, 0.15) is 23.6 Å². The number of hydrogen-bond donors (Lipinski definition) is 1. The molecule has 0 unspecified atom stereocenters. The standard InChI is InChI=1S/C29H22O3.C2H6O.CH3I.CH5N/c1-5-18-10-22-24-14-29-25(15-28(24)32-27(22)13-21(18)9-17(3)30-4)23-11-19-7-6-16(2)8-20(19)12-26(23)31-29;1-3-2;2*1-2/h5-15H,1H2,2-4H3;1-2H3;1H3;2H2,1H3/b17-9+;;;. The molecular formula is C33H36INO4. The van der Waals surface area contributed by atoms with Crippen molar-refractivity contribution in [3.05, 3.63) is 83.6 Å². The summed E-state index contributed by atoms with van der Waals surface area (Å²) in [6.45, 7) is 8.03. The van der Waals surface area contributed by atoms with Crippen LogP contribution in [0.25, 0.3) is 66.8 Å². The van der Waals surface area contributed by atoms with Gasteiger partial charge >= 0.3 is 0 Å². The zero-order valence-electron chi connectivity index (χ0n) is 23.6. The summed E-state index contributed by atoms with van der Waals surface area (Å²) in [4.78, 5) is 1.97. The molecule has 4 aromatic carbocycles. The molecule has 0 saturated heterocycles. The van der Waals surface area contributed by atoms with Gasteiger partial charge in [-0.15, -0.1) is 0 Å². The molecule has 0 radical (unpaired) electrons. The highest BCUT2D eigenvalue weighted by atomic mass is 127. The van der Waals surface area contributed by atoms with Crippen LogP contribution in [0.3, 0.4) is 0 Å². The lowest BCUT2D eigenvalue weighted by Gasteiger charge is -2.04.